The van der Waals surface area contributed by atoms with E-state index in [0.29, 0.717) is 55.6 Å². The van der Waals surface area contributed by atoms with Crippen molar-refractivity contribution >= 4 is 24.0 Å². The fraction of sp³-hybridized carbons (Fsp3) is 0.290. The molecular weight excluding hydrogens is 496 g/mol. The number of hydrogen-bond acceptors (Lipinski definition) is 6. The summed E-state index contributed by atoms with van der Waals surface area (Å²) < 4.78 is 21.6. The van der Waals surface area contributed by atoms with Crippen molar-refractivity contribution < 1.29 is 28.5 Å². The number of carbonyl (C=O) groups excluding carboxylic acids is 2. The lowest BCUT2D eigenvalue weighted by Crippen LogP contribution is -2.36. The highest BCUT2D eigenvalue weighted by Crippen LogP contribution is 2.30. The Morgan fingerprint density at radius 1 is 0.590 bits per heavy atom. The summed E-state index contributed by atoms with van der Waals surface area (Å²) in [5.74, 6) is 2.56. The quantitative estimate of drug-likeness (QED) is 0.328. The third kappa shape index (κ3) is 8.01. The Bertz CT molecular complexity index is 1110. The summed E-state index contributed by atoms with van der Waals surface area (Å²) in [5, 5.41) is 0. The predicted molar refractivity (Wildman–Crippen MR) is 153 cm³/mol. The van der Waals surface area contributed by atoms with Crippen LogP contribution in [0.1, 0.15) is 17.5 Å². The van der Waals surface area contributed by atoms with Gasteiger partial charge in [-0.25, -0.2) is 0 Å². The standard InChI is InChI=1S/C31H36N2O6/c1-36-26-14-9-15-27(37-2)24(26)12-5-7-18-30(34)32-20-11-21-33(23-22-32)31(35)19-8-6-13-25-28(38-3)16-10-17-29(25)39-4/h5-10,12-19H,11,20-23H2,1-4H3. The highest BCUT2D eigenvalue weighted by Gasteiger charge is 2.19. The van der Waals surface area contributed by atoms with Crippen molar-refractivity contribution in [2.75, 3.05) is 54.6 Å². The second kappa shape index (κ2) is 15.1. The number of carbonyl (C=O) groups is 2. The zero-order valence-electron chi connectivity index (χ0n) is 23.0. The Morgan fingerprint density at radius 3 is 1.28 bits per heavy atom. The summed E-state index contributed by atoms with van der Waals surface area (Å²) in [7, 11) is 6.41. The maximum atomic E-state index is 12.7. The summed E-state index contributed by atoms with van der Waals surface area (Å²) >= 11 is 0. The van der Waals surface area contributed by atoms with Crippen LogP contribution in [0.15, 0.2) is 72.9 Å². The van der Waals surface area contributed by atoms with Gasteiger partial charge in [-0.05, 0) is 42.8 Å². The molecule has 1 fully saturated rings. The second-order valence-corrected chi connectivity index (χ2v) is 8.59. The van der Waals surface area contributed by atoms with Crippen molar-refractivity contribution in [1.29, 1.82) is 0 Å². The molecule has 0 unspecified atom stereocenters. The Labute approximate surface area is 230 Å². The average Bonchev–Trinajstić information content (AvgIpc) is 3.23. The molecule has 1 saturated heterocycles. The molecule has 0 atom stereocenters. The number of methoxy groups -OCH3 is 4. The first kappa shape index (κ1) is 29.1. The summed E-state index contributed by atoms with van der Waals surface area (Å²) in [6.07, 6.45) is 14.4. The van der Waals surface area contributed by atoms with Crippen molar-refractivity contribution in [3.05, 3.63) is 84.0 Å². The number of amides is 2. The Balaban J connectivity index is 1.54. The number of rotatable bonds is 10. The van der Waals surface area contributed by atoms with Gasteiger partial charge in [0, 0.05) is 38.3 Å². The molecule has 0 saturated carbocycles. The molecule has 0 aliphatic carbocycles. The first-order valence-corrected chi connectivity index (χ1v) is 12.7. The molecule has 2 amide bonds. The smallest absolute Gasteiger partial charge is 0.246 e. The van der Waals surface area contributed by atoms with Gasteiger partial charge in [-0.15, -0.1) is 0 Å². The van der Waals surface area contributed by atoms with E-state index in [1.165, 1.54) is 12.2 Å². The SMILES string of the molecule is COc1cccc(OC)c1C=CC=CC(=O)N1CCCN(C(=O)C=CC=Cc2c(OC)cccc2OC)CC1. The molecule has 1 aliphatic rings. The topological polar surface area (TPSA) is 77.5 Å². The number of nitrogens with zero attached hydrogens (tertiary/aromatic N) is 2. The minimum Gasteiger partial charge on any atom is -0.496 e. The largest absolute Gasteiger partial charge is 0.496 e. The minimum atomic E-state index is -0.0924. The molecule has 0 bridgehead atoms. The van der Waals surface area contributed by atoms with Crippen LogP contribution in [0.2, 0.25) is 0 Å². The lowest BCUT2D eigenvalue weighted by atomic mass is 10.1. The zero-order chi connectivity index (χ0) is 28.0. The summed E-state index contributed by atoms with van der Waals surface area (Å²) in [5.41, 5.74) is 1.60. The number of ether oxygens (including phenoxy) is 4. The second-order valence-electron chi connectivity index (χ2n) is 8.59. The monoisotopic (exact) mass is 532 g/mol. The van der Waals surface area contributed by atoms with Crippen LogP contribution in [0.3, 0.4) is 0 Å². The molecule has 206 valence electrons. The van der Waals surface area contributed by atoms with Gasteiger partial charge in [0.05, 0.1) is 39.6 Å². The van der Waals surface area contributed by atoms with Gasteiger partial charge < -0.3 is 28.7 Å². The Hall–Kier alpha value is -4.46. The van der Waals surface area contributed by atoms with E-state index < -0.39 is 0 Å². The van der Waals surface area contributed by atoms with Crippen LogP contribution in [0, 0.1) is 0 Å². The molecule has 3 rings (SSSR count). The van der Waals surface area contributed by atoms with Crippen LogP contribution in [-0.4, -0.2) is 76.2 Å². The molecule has 8 nitrogen and oxygen atoms in total. The highest BCUT2D eigenvalue weighted by molar-refractivity contribution is 5.89. The van der Waals surface area contributed by atoms with Gasteiger partial charge in [0.1, 0.15) is 23.0 Å². The van der Waals surface area contributed by atoms with Crippen molar-refractivity contribution in [1.82, 2.24) is 9.80 Å². The molecule has 8 heteroatoms. The van der Waals surface area contributed by atoms with Gasteiger partial charge in [-0.2, -0.15) is 0 Å². The van der Waals surface area contributed by atoms with Gasteiger partial charge in [-0.1, -0.05) is 36.4 Å². The van der Waals surface area contributed by atoms with Gasteiger partial charge in [0.25, 0.3) is 0 Å². The molecular formula is C31H36N2O6. The third-order valence-corrected chi connectivity index (χ3v) is 6.28. The average molecular weight is 533 g/mol. The molecule has 1 aliphatic heterocycles. The molecule has 2 aromatic carbocycles. The molecule has 39 heavy (non-hydrogen) atoms. The molecule has 0 radical (unpaired) electrons. The first-order valence-electron chi connectivity index (χ1n) is 12.7. The van der Waals surface area contributed by atoms with Crippen LogP contribution in [0.25, 0.3) is 12.2 Å². The van der Waals surface area contributed by atoms with E-state index in [1.807, 2.05) is 48.6 Å². The van der Waals surface area contributed by atoms with Gasteiger partial charge in [-0.3, -0.25) is 9.59 Å². The van der Waals surface area contributed by atoms with Crippen molar-refractivity contribution in [3.63, 3.8) is 0 Å². The molecule has 0 aromatic heterocycles. The van der Waals surface area contributed by atoms with Crippen molar-refractivity contribution in [2.24, 2.45) is 0 Å². The van der Waals surface area contributed by atoms with Crippen LogP contribution < -0.4 is 18.9 Å². The summed E-state index contributed by atoms with van der Waals surface area (Å²) in [6.45, 7) is 2.13. The van der Waals surface area contributed by atoms with Gasteiger partial charge in [0.2, 0.25) is 11.8 Å². The van der Waals surface area contributed by atoms with Crippen LogP contribution in [0.5, 0.6) is 23.0 Å². The van der Waals surface area contributed by atoms with E-state index in [9.17, 15) is 9.59 Å². The van der Waals surface area contributed by atoms with Crippen LogP contribution >= 0.6 is 0 Å². The van der Waals surface area contributed by atoms with E-state index in [-0.39, 0.29) is 11.8 Å². The molecule has 1 heterocycles. The van der Waals surface area contributed by atoms with E-state index in [1.54, 1.807) is 62.5 Å². The van der Waals surface area contributed by atoms with E-state index in [0.717, 1.165) is 11.1 Å². The maximum Gasteiger partial charge on any atom is 0.246 e. The fourth-order valence-electron chi connectivity index (χ4n) is 4.24. The summed E-state index contributed by atoms with van der Waals surface area (Å²) in [4.78, 5) is 29.0. The van der Waals surface area contributed by atoms with Crippen LogP contribution in [-0.2, 0) is 9.59 Å². The lowest BCUT2D eigenvalue weighted by Gasteiger charge is -2.20. The van der Waals surface area contributed by atoms with Crippen LogP contribution in [0.4, 0.5) is 0 Å². The van der Waals surface area contributed by atoms with E-state index >= 15 is 0 Å². The fourth-order valence-corrected chi connectivity index (χ4v) is 4.24. The Kier molecular flexibility index (Phi) is 11.2. The van der Waals surface area contributed by atoms with Gasteiger partial charge in [0.15, 0.2) is 0 Å². The van der Waals surface area contributed by atoms with E-state index in [2.05, 4.69) is 0 Å². The van der Waals surface area contributed by atoms with Crippen molar-refractivity contribution in [3.8, 4) is 23.0 Å². The lowest BCUT2D eigenvalue weighted by molar-refractivity contribution is -0.128. The highest BCUT2D eigenvalue weighted by atomic mass is 16.5. The Morgan fingerprint density at radius 2 is 0.949 bits per heavy atom. The number of allylic oxidation sites excluding steroid dienone is 4. The summed E-state index contributed by atoms with van der Waals surface area (Å²) in [6, 6.07) is 11.1. The zero-order valence-corrected chi connectivity index (χ0v) is 23.0. The normalized spacial score (nSPS) is 14.4. The predicted octanol–water partition coefficient (Wildman–Crippen LogP) is 4.62. The molecule has 2 aromatic rings. The third-order valence-electron chi connectivity index (χ3n) is 6.28. The first-order chi connectivity index (χ1) is 19.0. The molecule has 0 spiro atoms. The van der Waals surface area contributed by atoms with Gasteiger partial charge >= 0.3 is 0 Å². The van der Waals surface area contributed by atoms with Crippen molar-refractivity contribution in [2.45, 2.75) is 6.42 Å². The maximum absolute atomic E-state index is 12.7. The minimum absolute atomic E-state index is 0.0924. The molecule has 0 N–H and O–H groups in total. The number of hydrogen-bond donors (Lipinski definition) is 0. The van der Waals surface area contributed by atoms with E-state index in [4.69, 9.17) is 18.9 Å². The number of benzene rings is 2.